The first-order chi connectivity index (χ1) is 14.1. The van der Waals surface area contributed by atoms with Crippen molar-refractivity contribution >= 4 is 12.0 Å². The predicted molar refractivity (Wildman–Crippen MR) is 118 cm³/mol. The topological polar surface area (TPSA) is 50.2 Å². The van der Waals surface area contributed by atoms with Crippen molar-refractivity contribution in [3.05, 3.63) is 89.8 Å². The number of amides is 1. The van der Waals surface area contributed by atoms with Crippen molar-refractivity contribution < 1.29 is 4.79 Å². The van der Waals surface area contributed by atoms with E-state index < -0.39 is 0 Å². The molecule has 1 unspecified atom stereocenters. The summed E-state index contributed by atoms with van der Waals surface area (Å²) in [6, 6.07) is 18.6. The molecular formula is C24H28N4O. The fourth-order valence-corrected chi connectivity index (χ4v) is 3.15. The Bertz CT molecular complexity index is 943. The Balaban J connectivity index is 1.58. The van der Waals surface area contributed by atoms with Gasteiger partial charge in [0.2, 0.25) is 5.91 Å². The number of carbonyl (C=O) groups excluding carboxylic acids is 1. The number of nitrogens with zero attached hydrogens (tertiary/aromatic N) is 3. The average Bonchev–Trinajstić information content (AvgIpc) is 3.22. The fourth-order valence-electron chi connectivity index (χ4n) is 3.15. The SMILES string of the molecule is CCc1ccc(C(CNC(=O)/C=C/c2cnn(-c3ccccc3)c2)N(C)C)cc1. The van der Waals surface area contributed by atoms with E-state index in [1.807, 2.05) is 50.6 Å². The lowest BCUT2D eigenvalue weighted by Crippen LogP contribution is -2.33. The Kier molecular flexibility index (Phi) is 6.98. The number of aromatic nitrogens is 2. The summed E-state index contributed by atoms with van der Waals surface area (Å²) in [4.78, 5) is 14.4. The Morgan fingerprint density at radius 3 is 2.52 bits per heavy atom. The minimum atomic E-state index is -0.116. The van der Waals surface area contributed by atoms with Crippen LogP contribution in [0.15, 0.2) is 73.1 Å². The normalized spacial score (nSPS) is 12.4. The minimum Gasteiger partial charge on any atom is -0.351 e. The molecule has 3 aromatic rings. The molecule has 0 radical (unpaired) electrons. The lowest BCUT2D eigenvalue weighted by molar-refractivity contribution is -0.116. The molecule has 0 aliphatic rings. The van der Waals surface area contributed by atoms with Gasteiger partial charge in [0.1, 0.15) is 0 Å². The summed E-state index contributed by atoms with van der Waals surface area (Å²) in [5, 5.41) is 7.35. The molecule has 1 atom stereocenters. The highest BCUT2D eigenvalue weighted by Crippen LogP contribution is 2.18. The molecule has 0 spiro atoms. The first-order valence-electron chi connectivity index (χ1n) is 9.88. The van der Waals surface area contributed by atoms with Crippen LogP contribution in [0, 0.1) is 0 Å². The summed E-state index contributed by atoms with van der Waals surface area (Å²) >= 11 is 0. The van der Waals surface area contributed by atoms with Crippen LogP contribution in [0.3, 0.4) is 0 Å². The van der Waals surface area contributed by atoms with Crippen molar-refractivity contribution in [1.29, 1.82) is 0 Å². The maximum Gasteiger partial charge on any atom is 0.244 e. The summed E-state index contributed by atoms with van der Waals surface area (Å²) in [6.45, 7) is 2.69. The van der Waals surface area contributed by atoms with E-state index >= 15 is 0 Å². The molecule has 29 heavy (non-hydrogen) atoms. The molecule has 1 N–H and O–H groups in total. The first kappa shape index (κ1) is 20.6. The van der Waals surface area contributed by atoms with Gasteiger partial charge < -0.3 is 10.2 Å². The molecular weight excluding hydrogens is 360 g/mol. The molecule has 5 heteroatoms. The Hall–Kier alpha value is -3.18. The van der Waals surface area contributed by atoms with Crippen molar-refractivity contribution in [1.82, 2.24) is 20.0 Å². The summed E-state index contributed by atoms with van der Waals surface area (Å²) in [5.41, 5.74) is 4.37. The first-order valence-corrected chi connectivity index (χ1v) is 9.88. The van der Waals surface area contributed by atoms with E-state index in [1.54, 1.807) is 23.0 Å². The van der Waals surface area contributed by atoms with Crippen LogP contribution in [-0.2, 0) is 11.2 Å². The van der Waals surface area contributed by atoms with Crippen molar-refractivity contribution in [2.45, 2.75) is 19.4 Å². The highest BCUT2D eigenvalue weighted by Gasteiger charge is 2.14. The quantitative estimate of drug-likeness (QED) is 0.596. The molecule has 0 aliphatic carbocycles. The molecule has 150 valence electrons. The summed E-state index contributed by atoms with van der Waals surface area (Å²) in [6.07, 6.45) is 8.00. The number of nitrogens with one attached hydrogen (secondary N) is 1. The summed E-state index contributed by atoms with van der Waals surface area (Å²) in [7, 11) is 4.05. The number of benzene rings is 2. The van der Waals surface area contributed by atoms with Gasteiger partial charge in [0.25, 0.3) is 0 Å². The van der Waals surface area contributed by atoms with Crippen LogP contribution in [0.1, 0.15) is 29.7 Å². The van der Waals surface area contributed by atoms with E-state index in [4.69, 9.17) is 0 Å². The molecule has 0 fully saturated rings. The van der Waals surface area contributed by atoms with Crippen LogP contribution >= 0.6 is 0 Å². The third-order valence-electron chi connectivity index (χ3n) is 4.92. The van der Waals surface area contributed by atoms with E-state index in [0.29, 0.717) is 6.54 Å². The fraction of sp³-hybridized carbons (Fsp3) is 0.250. The second-order valence-corrected chi connectivity index (χ2v) is 7.21. The van der Waals surface area contributed by atoms with Gasteiger partial charge in [0, 0.05) is 24.4 Å². The predicted octanol–water partition coefficient (Wildman–Crippen LogP) is 3.87. The maximum absolute atomic E-state index is 12.3. The highest BCUT2D eigenvalue weighted by atomic mass is 16.1. The molecule has 0 saturated carbocycles. The van der Waals surface area contributed by atoms with Gasteiger partial charge in [-0.2, -0.15) is 5.10 Å². The lowest BCUT2D eigenvalue weighted by Gasteiger charge is -2.25. The molecule has 5 nitrogen and oxygen atoms in total. The van der Waals surface area contributed by atoms with Crippen LogP contribution in [0.5, 0.6) is 0 Å². The molecule has 0 saturated heterocycles. The summed E-state index contributed by atoms with van der Waals surface area (Å²) < 4.78 is 1.79. The zero-order valence-corrected chi connectivity index (χ0v) is 17.2. The molecule has 1 heterocycles. The van der Waals surface area contributed by atoms with E-state index in [0.717, 1.165) is 17.7 Å². The van der Waals surface area contributed by atoms with Gasteiger partial charge in [-0.25, -0.2) is 4.68 Å². The van der Waals surface area contributed by atoms with Crippen molar-refractivity contribution in [3.63, 3.8) is 0 Å². The van der Waals surface area contributed by atoms with Gasteiger partial charge in [0.05, 0.1) is 17.9 Å². The largest absolute Gasteiger partial charge is 0.351 e. The zero-order chi connectivity index (χ0) is 20.6. The van der Waals surface area contributed by atoms with Crippen LogP contribution < -0.4 is 5.32 Å². The minimum absolute atomic E-state index is 0.116. The second kappa shape index (κ2) is 9.85. The van der Waals surface area contributed by atoms with E-state index in [1.165, 1.54) is 11.1 Å². The number of likely N-dealkylation sites (N-methyl/N-ethyl adjacent to an activating group) is 1. The van der Waals surface area contributed by atoms with Crippen LogP contribution in [-0.4, -0.2) is 41.2 Å². The molecule has 1 amide bonds. The van der Waals surface area contributed by atoms with Gasteiger partial charge in [-0.15, -0.1) is 0 Å². The van der Waals surface area contributed by atoms with Gasteiger partial charge in [-0.1, -0.05) is 49.4 Å². The van der Waals surface area contributed by atoms with Gasteiger partial charge in [-0.05, 0) is 49.9 Å². The smallest absolute Gasteiger partial charge is 0.244 e. The molecule has 0 aliphatic heterocycles. The number of para-hydroxylation sites is 1. The average molecular weight is 389 g/mol. The third-order valence-corrected chi connectivity index (χ3v) is 4.92. The van der Waals surface area contributed by atoms with E-state index in [9.17, 15) is 4.79 Å². The molecule has 0 bridgehead atoms. The highest BCUT2D eigenvalue weighted by molar-refractivity contribution is 5.91. The van der Waals surface area contributed by atoms with Crippen LogP contribution in [0.25, 0.3) is 11.8 Å². The van der Waals surface area contributed by atoms with Crippen molar-refractivity contribution in [2.24, 2.45) is 0 Å². The summed E-state index contributed by atoms with van der Waals surface area (Å²) in [5.74, 6) is -0.116. The van der Waals surface area contributed by atoms with Gasteiger partial charge in [0.15, 0.2) is 0 Å². The number of carbonyl (C=O) groups is 1. The number of aryl methyl sites for hydroxylation is 1. The maximum atomic E-state index is 12.3. The second-order valence-electron chi connectivity index (χ2n) is 7.21. The van der Waals surface area contributed by atoms with Gasteiger partial charge >= 0.3 is 0 Å². The molecule has 3 rings (SSSR count). The van der Waals surface area contributed by atoms with Crippen molar-refractivity contribution in [2.75, 3.05) is 20.6 Å². The van der Waals surface area contributed by atoms with E-state index in [2.05, 4.69) is 46.5 Å². The Morgan fingerprint density at radius 2 is 1.86 bits per heavy atom. The van der Waals surface area contributed by atoms with Gasteiger partial charge in [-0.3, -0.25) is 4.79 Å². The zero-order valence-electron chi connectivity index (χ0n) is 17.2. The van der Waals surface area contributed by atoms with Crippen LogP contribution in [0.2, 0.25) is 0 Å². The number of rotatable bonds is 8. The molecule has 2 aromatic carbocycles. The number of hydrogen-bond acceptors (Lipinski definition) is 3. The standard InChI is InChI=1S/C24H28N4O/c1-4-19-10-13-21(14-11-19)23(27(2)3)17-25-24(29)15-12-20-16-26-28(18-20)22-8-6-5-7-9-22/h5-16,18,23H,4,17H2,1-3H3,(H,25,29)/b15-12+. The third kappa shape index (κ3) is 5.65. The van der Waals surface area contributed by atoms with Crippen LogP contribution in [0.4, 0.5) is 0 Å². The monoisotopic (exact) mass is 388 g/mol. The van der Waals surface area contributed by atoms with Crippen molar-refractivity contribution in [3.8, 4) is 5.69 Å². The lowest BCUT2D eigenvalue weighted by atomic mass is 10.0. The Labute approximate surface area is 172 Å². The Morgan fingerprint density at radius 1 is 1.14 bits per heavy atom. The molecule has 1 aromatic heterocycles. The van der Waals surface area contributed by atoms with E-state index in [-0.39, 0.29) is 11.9 Å². The number of hydrogen-bond donors (Lipinski definition) is 1.